The van der Waals surface area contributed by atoms with Gasteiger partial charge < -0.3 is 4.74 Å². The number of amides is 2. The van der Waals surface area contributed by atoms with E-state index in [9.17, 15) is 28.9 Å². The number of imide groups is 1. The molecule has 0 aromatic heterocycles. The summed E-state index contributed by atoms with van der Waals surface area (Å²) in [6, 6.07) is 6.93. The van der Waals surface area contributed by atoms with Gasteiger partial charge in [-0.1, -0.05) is 6.07 Å². The number of benzene rings is 2. The van der Waals surface area contributed by atoms with Gasteiger partial charge in [0.05, 0.1) is 29.7 Å². The van der Waals surface area contributed by atoms with Gasteiger partial charge in [0.25, 0.3) is 17.5 Å². The summed E-state index contributed by atoms with van der Waals surface area (Å²) < 4.78 is 18.4. The van der Waals surface area contributed by atoms with Gasteiger partial charge in [-0.25, -0.2) is 4.39 Å². The molecule has 0 saturated heterocycles. The van der Waals surface area contributed by atoms with E-state index in [0.717, 1.165) is 18.2 Å². The number of hydrogen-bond acceptors (Lipinski definition) is 6. The SMILES string of the molecule is COc1ccc(F)cc1C(=O)CN1C(=O)c2cccc([N+](=O)[O-])c2C1=O. The molecule has 0 unspecified atom stereocenters. The second-order valence-electron chi connectivity index (χ2n) is 5.42. The first-order valence-electron chi connectivity index (χ1n) is 7.35. The van der Waals surface area contributed by atoms with Crippen LogP contribution in [0.5, 0.6) is 5.75 Å². The highest BCUT2D eigenvalue weighted by atomic mass is 19.1. The van der Waals surface area contributed by atoms with E-state index < -0.39 is 40.6 Å². The van der Waals surface area contributed by atoms with Crippen molar-refractivity contribution in [1.29, 1.82) is 0 Å². The summed E-state index contributed by atoms with van der Waals surface area (Å²) >= 11 is 0. The van der Waals surface area contributed by atoms with Gasteiger partial charge in [0.15, 0.2) is 5.78 Å². The van der Waals surface area contributed by atoms with Crippen LogP contribution < -0.4 is 4.74 Å². The van der Waals surface area contributed by atoms with Gasteiger partial charge in [0.1, 0.15) is 17.1 Å². The summed E-state index contributed by atoms with van der Waals surface area (Å²) in [5.74, 6) is -3.11. The summed E-state index contributed by atoms with van der Waals surface area (Å²) in [5.41, 5.74) is -1.16. The van der Waals surface area contributed by atoms with Gasteiger partial charge in [-0.2, -0.15) is 0 Å². The van der Waals surface area contributed by atoms with Crippen molar-refractivity contribution in [2.24, 2.45) is 0 Å². The van der Waals surface area contributed by atoms with Crippen molar-refractivity contribution in [2.75, 3.05) is 13.7 Å². The van der Waals surface area contributed by atoms with Crippen LogP contribution in [0.3, 0.4) is 0 Å². The van der Waals surface area contributed by atoms with Gasteiger partial charge in [0.2, 0.25) is 0 Å². The Hall–Kier alpha value is -3.62. The van der Waals surface area contributed by atoms with Gasteiger partial charge in [0, 0.05) is 6.07 Å². The summed E-state index contributed by atoms with van der Waals surface area (Å²) in [4.78, 5) is 48.2. The first-order chi connectivity index (χ1) is 12.3. The minimum absolute atomic E-state index is 0.0824. The number of fused-ring (bicyclic) bond motifs is 1. The number of rotatable bonds is 5. The Morgan fingerprint density at radius 1 is 1.23 bits per heavy atom. The molecule has 2 aromatic carbocycles. The fraction of sp³-hybridized carbons (Fsp3) is 0.118. The fourth-order valence-electron chi connectivity index (χ4n) is 2.74. The molecule has 0 aliphatic carbocycles. The number of hydrogen-bond donors (Lipinski definition) is 0. The second kappa shape index (κ2) is 6.36. The maximum atomic E-state index is 13.4. The summed E-state index contributed by atoms with van der Waals surface area (Å²) in [6.45, 7) is -0.691. The first kappa shape index (κ1) is 17.2. The number of methoxy groups -OCH3 is 1. The molecule has 0 fully saturated rings. The molecule has 26 heavy (non-hydrogen) atoms. The van der Waals surface area contributed by atoms with Crippen molar-refractivity contribution in [3.05, 3.63) is 69.0 Å². The third kappa shape index (κ3) is 2.69. The molecule has 0 radical (unpaired) electrons. The third-order valence-electron chi connectivity index (χ3n) is 3.94. The molecule has 0 spiro atoms. The number of carbonyl (C=O) groups is 3. The number of carbonyl (C=O) groups excluding carboxylic acids is 3. The first-order valence-corrected chi connectivity index (χ1v) is 7.35. The second-order valence-corrected chi connectivity index (χ2v) is 5.42. The van der Waals surface area contributed by atoms with Crippen molar-refractivity contribution < 1.29 is 28.4 Å². The molecule has 1 heterocycles. The van der Waals surface area contributed by atoms with Crippen LogP contribution in [0.25, 0.3) is 0 Å². The lowest BCUT2D eigenvalue weighted by molar-refractivity contribution is -0.385. The quantitative estimate of drug-likeness (QED) is 0.351. The summed E-state index contributed by atoms with van der Waals surface area (Å²) in [7, 11) is 1.29. The Morgan fingerprint density at radius 2 is 1.96 bits per heavy atom. The number of nitrogens with zero attached hydrogens (tertiary/aromatic N) is 2. The Morgan fingerprint density at radius 3 is 2.62 bits per heavy atom. The molecule has 0 N–H and O–H groups in total. The highest BCUT2D eigenvalue weighted by Crippen LogP contribution is 2.31. The standard InChI is InChI=1S/C17H11FN2O6/c1-26-14-6-5-9(18)7-11(14)13(21)8-19-16(22)10-3-2-4-12(20(24)25)15(10)17(19)23/h2-7H,8H2,1H3. The average Bonchev–Trinajstić information content (AvgIpc) is 2.86. The lowest BCUT2D eigenvalue weighted by atomic mass is 10.1. The normalized spacial score (nSPS) is 12.9. The predicted octanol–water partition coefficient (Wildman–Crippen LogP) is 2.22. The molecular weight excluding hydrogens is 347 g/mol. The van der Waals surface area contributed by atoms with E-state index in [2.05, 4.69) is 0 Å². The van der Waals surface area contributed by atoms with Crippen LogP contribution in [0.15, 0.2) is 36.4 Å². The Balaban J connectivity index is 1.95. The molecule has 132 valence electrons. The van der Waals surface area contributed by atoms with Crippen LogP contribution in [-0.2, 0) is 0 Å². The number of nitro benzene ring substituents is 1. The van der Waals surface area contributed by atoms with Crippen molar-refractivity contribution in [1.82, 2.24) is 4.90 Å². The van der Waals surface area contributed by atoms with Crippen LogP contribution in [0.4, 0.5) is 10.1 Å². The lowest BCUT2D eigenvalue weighted by Crippen LogP contribution is -2.35. The predicted molar refractivity (Wildman–Crippen MR) is 85.7 cm³/mol. The summed E-state index contributed by atoms with van der Waals surface area (Å²) in [6.07, 6.45) is 0. The van der Waals surface area contributed by atoms with E-state index in [1.54, 1.807) is 0 Å². The van der Waals surface area contributed by atoms with Crippen LogP contribution in [0, 0.1) is 15.9 Å². The van der Waals surface area contributed by atoms with E-state index in [-0.39, 0.29) is 22.4 Å². The average molecular weight is 358 g/mol. The van der Waals surface area contributed by atoms with Crippen molar-refractivity contribution >= 4 is 23.3 Å². The Kier molecular flexibility index (Phi) is 4.21. The van der Waals surface area contributed by atoms with Crippen LogP contribution in [0.2, 0.25) is 0 Å². The number of Topliss-reactive ketones (excluding diaryl/α,β-unsaturated/α-hetero) is 1. The molecule has 2 aromatic rings. The molecular formula is C17H11FN2O6. The number of ether oxygens (including phenoxy) is 1. The minimum Gasteiger partial charge on any atom is -0.496 e. The Bertz CT molecular complexity index is 972. The van der Waals surface area contributed by atoms with Crippen molar-refractivity contribution in [2.45, 2.75) is 0 Å². The number of ketones is 1. The van der Waals surface area contributed by atoms with E-state index in [4.69, 9.17) is 4.74 Å². The molecule has 0 atom stereocenters. The summed E-state index contributed by atoms with van der Waals surface area (Å²) in [5, 5.41) is 11.1. The molecule has 8 nitrogen and oxygen atoms in total. The highest BCUT2D eigenvalue weighted by molar-refractivity contribution is 6.24. The smallest absolute Gasteiger partial charge is 0.282 e. The van der Waals surface area contributed by atoms with E-state index in [1.165, 1.54) is 25.3 Å². The van der Waals surface area contributed by atoms with Gasteiger partial charge >= 0.3 is 0 Å². The zero-order valence-corrected chi connectivity index (χ0v) is 13.4. The van der Waals surface area contributed by atoms with E-state index >= 15 is 0 Å². The maximum Gasteiger partial charge on any atom is 0.282 e. The fourth-order valence-corrected chi connectivity index (χ4v) is 2.74. The Labute approximate surface area is 145 Å². The van der Waals surface area contributed by atoms with E-state index in [1.807, 2.05) is 0 Å². The molecule has 2 amide bonds. The van der Waals surface area contributed by atoms with Gasteiger partial charge in [-0.3, -0.25) is 29.4 Å². The number of halogens is 1. The van der Waals surface area contributed by atoms with E-state index in [0.29, 0.717) is 4.90 Å². The van der Waals surface area contributed by atoms with Crippen LogP contribution >= 0.6 is 0 Å². The van der Waals surface area contributed by atoms with Crippen molar-refractivity contribution in [3.8, 4) is 5.75 Å². The molecule has 1 aliphatic rings. The minimum atomic E-state index is -0.944. The van der Waals surface area contributed by atoms with Gasteiger partial charge in [-0.05, 0) is 24.3 Å². The molecule has 0 bridgehead atoms. The van der Waals surface area contributed by atoms with Crippen molar-refractivity contribution in [3.63, 3.8) is 0 Å². The van der Waals surface area contributed by atoms with Crippen LogP contribution in [-0.4, -0.2) is 41.1 Å². The molecule has 3 rings (SSSR count). The molecule has 9 heteroatoms. The van der Waals surface area contributed by atoms with Crippen LogP contribution in [0.1, 0.15) is 31.1 Å². The number of nitro groups is 1. The van der Waals surface area contributed by atoms with Gasteiger partial charge in [-0.15, -0.1) is 0 Å². The monoisotopic (exact) mass is 358 g/mol. The lowest BCUT2D eigenvalue weighted by Gasteiger charge is -2.14. The topological polar surface area (TPSA) is 107 Å². The largest absolute Gasteiger partial charge is 0.496 e. The molecule has 0 saturated carbocycles. The zero-order chi connectivity index (χ0) is 19.0. The molecule has 1 aliphatic heterocycles. The third-order valence-corrected chi connectivity index (χ3v) is 3.94. The highest BCUT2D eigenvalue weighted by Gasteiger charge is 2.41. The zero-order valence-electron chi connectivity index (χ0n) is 13.4. The maximum absolute atomic E-state index is 13.4.